The Bertz CT molecular complexity index is 645. The van der Waals surface area contributed by atoms with E-state index in [1.165, 1.54) is 33.9 Å². The summed E-state index contributed by atoms with van der Waals surface area (Å²) in [6.07, 6.45) is 6.86. The molecule has 1 aliphatic heterocycles. The van der Waals surface area contributed by atoms with Crippen molar-refractivity contribution in [2.24, 2.45) is 0 Å². The Kier molecular flexibility index (Phi) is 3.51. The summed E-state index contributed by atoms with van der Waals surface area (Å²) in [5.74, 6) is 1.75. The van der Waals surface area contributed by atoms with Crippen LogP contribution in [0.1, 0.15) is 52.5 Å². The molecule has 0 radical (unpaired) electrons. The smallest absolute Gasteiger partial charge is 0.131 e. The molecule has 1 aliphatic carbocycles. The molecule has 0 unspecified atom stereocenters. The normalized spacial score (nSPS) is 18.7. The minimum absolute atomic E-state index is 0.659. The number of aryl methyl sites for hydroxylation is 1. The number of rotatable bonds is 4. The van der Waals surface area contributed by atoms with Crippen LogP contribution in [0.3, 0.4) is 0 Å². The molecule has 4 heteroatoms. The maximum Gasteiger partial charge on any atom is 0.131 e. The minimum atomic E-state index is 0.659. The fraction of sp³-hybridized carbons (Fsp3) is 0.529. The van der Waals surface area contributed by atoms with Gasteiger partial charge in [0, 0.05) is 59.2 Å². The lowest BCUT2D eigenvalue weighted by Gasteiger charge is -2.27. The lowest BCUT2D eigenvalue weighted by molar-refractivity contribution is 0.244. The first-order valence-electron chi connectivity index (χ1n) is 7.96. The minimum Gasteiger partial charge on any atom is -0.293 e. The fourth-order valence-corrected chi connectivity index (χ4v) is 3.98. The topological polar surface area (TPSA) is 29.0 Å². The second-order valence-electron chi connectivity index (χ2n) is 6.16. The first-order valence-corrected chi connectivity index (χ1v) is 8.78. The SMILES string of the molecule is CCc1ccc(CN2CCc3nc(C4CC4)ncc3C2)s1. The van der Waals surface area contributed by atoms with E-state index in [4.69, 9.17) is 4.98 Å². The van der Waals surface area contributed by atoms with Gasteiger partial charge in [-0.3, -0.25) is 4.90 Å². The number of fused-ring (bicyclic) bond motifs is 1. The van der Waals surface area contributed by atoms with E-state index in [2.05, 4.69) is 35.1 Å². The van der Waals surface area contributed by atoms with Crippen LogP contribution in [-0.4, -0.2) is 21.4 Å². The molecule has 1 saturated carbocycles. The highest BCUT2D eigenvalue weighted by Gasteiger charge is 2.28. The van der Waals surface area contributed by atoms with Gasteiger partial charge in [0.05, 0.1) is 0 Å². The predicted molar refractivity (Wildman–Crippen MR) is 85.5 cm³/mol. The number of aromatic nitrogens is 2. The standard InChI is InChI=1S/C17H21N3S/c1-2-14-5-6-15(21-14)11-20-8-7-16-13(10-20)9-18-17(19-16)12-3-4-12/h5-6,9,12H,2-4,7-8,10-11H2,1H3. The summed E-state index contributed by atoms with van der Waals surface area (Å²) >= 11 is 1.95. The molecular formula is C17H21N3S. The van der Waals surface area contributed by atoms with E-state index >= 15 is 0 Å². The Balaban J connectivity index is 1.46. The quantitative estimate of drug-likeness (QED) is 0.864. The maximum atomic E-state index is 4.80. The zero-order valence-corrected chi connectivity index (χ0v) is 13.3. The third-order valence-electron chi connectivity index (χ3n) is 4.42. The largest absolute Gasteiger partial charge is 0.293 e. The molecule has 110 valence electrons. The van der Waals surface area contributed by atoms with E-state index < -0.39 is 0 Å². The van der Waals surface area contributed by atoms with Crippen LogP contribution in [-0.2, 0) is 25.9 Å². The van der Waals surface area contributed by atoms with Crippen molar-refractivity contribution in [3.05, 3.63) is 45.2 Å². The van der Waals surface area contributed by atoms with Gasteiger partial charge < -0.3 is 0 Å². The van der Waals surface area contributed by atoms with Crippen molar-refractivity contribution in [3.63, 3.8) is 0 Å². The molecule has 2 aromatic heterocycles. The summed E-state index contributed by atoms with van der Waals surface area (Å²) in [5.41, 5.74) is 2.63. The van der Waals surface area contributed by atoms with Gasteiger partial charge in [0.1, 0.15) is 5.82 Å². The highest BCUT2D eigenvalue weighted by molar-refractivity contribution is 7.11. The van der Waals surface area contributed by atoms with Gasteiger partial charge in [-0.05, 0) is 31.4 Å². The first kappa shape index (κ1) is 13.4. The highest BCUT2D eigenvalue weighted by Crippen LogP contribution is 2.38. The molecule has 0 aromatic carbocycles. The van der Waals surface area contributed by atoms with E-state index in [-0.39, 0.29) is 0 Å². The number of thiophene rings is 1. The van der Waals surface area contributed by atoms with Crippen molar-refractivity contribution in [2.75, 3.05) is 6.54 Å². The summed E-state index contributed by atoms with van der Waals surface area (Å²) in [7, 11) is 0. The first-order chi connectivity index (χ1) is 10.3. The molecule has 3 nitrogen and oxygen atoms in total. The number of nitrogens with zero attached hydrogens (tertiary/aromatic N) is 3. The molecule has 0 spiro atoms. The van der Waals surface area contributed by atoms with Crippen molar-refractivity contribution in [3.8, 4) is 0 Å². The summed E-state index contributed by atoms with van der Waals surface area (Å²) in [4.78, 5) is 14.9. The van der Waals surface area contributed by atoms with Crippen LogP contribution in [0.2, 0.25) is 0 Å². The van der Waals surface area contributed by atoms with Crippen LogP contribution >= 0.6 is 11.3 Å². The van der Waals surface area contributed by atoms with Gasteiger partial charge in [0.2, 0.25) is 0 Å². The Hall–Kier alpha value is -1.26. The van der Waals surface area contributed by atoms with E-state index in [1.54, 1.807) is 0 Å². The van der Waals surface area contributed by atoms with Crippen LogP contribution in [0, 0.1) is 0 Å². The van der Waals surface area contributed by atoms with Gasteiger partial charge in [-0.1, -0.05) is 6.92 Å². The summed E-state index contributed by atoms with van der Waals surface area (Å²) in [6, 6.07) is 4.55. The summed E-state index contributed by atoms with van der Waals surface area (Å²) < 4.78 is 0. The van der Waals surface area contributed by atoms with Gasteiger partial charge in [-0.15, -0.1) is 11.3 Å². The molecule has 0 bridgehead atoms. The van der Waals surface area contributed by atoms with Crippen molar-refractivity contribution >= 4 is 11.3 Å². The van der Waals surface area contributed by atoms with Crippen LogP contribution in [0.4, 0.5) is 0 Å². The van der Waals surface area contributed by atoms with Crippen LogP contribution in [0.5, 0.6) is 0 Å². The molecule has 3 heterocycles. The van der Waals surface area contributed by atoms with Crippen LogP contribution < -0.4 is 0 Å². The zero-order chi connectivity index (χ0) is 14.2. The molecule has 0 N–H and O–H groups in total. The van der Waals surface area contributed by atoms with Crippen LogP contribution in [0.15, 0.2) is 18.3 Å². The molecule has 2 aromatic rings. The Morgan fingerprint density at radius 1 is 1.29 bits per heavy atom. The lowest BCUT2D eigenvalue weighted by atomic mass is 10.1. The third kappa shape index (κ3) is 2.87. The lowest BCUT2D eigenvalue weighted by Crippen LogP contribution is -2.30. The fourth-order valence-electron chi connectivity index (χ4n) is 2.98. The van der Waals surface area contributed by atoms with Crippen molar-refractivity contribution in [2.45, 2.75) is 51.6 Å². The van der Waals surface area contributed by atoms with Crippen molar-refractivity contribution in [1.82, 2.24) is 14.9 Å². The Morgan fingerprint density at radius 2 is 2.14 bits per heavy atom. The predicted octanol–water partition coefficient (Wildman–Crippen LogP) is 3.54. The monoisotopic (exact) mass is 299 g/mol. The van der Waals surface area contributed by atoms with Crippen LogP contribution in [0.25, 0.3) is 0 Å². The van der Waals surface area contributed by atoms with Gasteiger partial charge >= 0.3 is 0 Å². The number of hydrogen-bond donors (Lipinski definition) is 0. The zero-order valence-electron chi connectivity index (χ0n) is 12.5. The van der Waals surface area contributed by atoms with E-state index in [1.807, 2.05) is 11.3 Å². The molecule has 0 atom stereocenters. The van der Waals surface area contributed by atoms with E-state index in [0.717, 1.165) is 38.3 Å². The van der Waals surface area contributed by atoms with Gasteiger partial charge in [0.25, 0.3) is 0 Å². The Morgan fingerprint density at radius 3 is 2.90 bits per heavy atom. The highest BCUT2D eigenvalue weighted by atomic mass is 32.1. The van der Waals surface area contributed by atoms with E-state index in [0.29, 0.717) is 5.92 Å². The average molecular weight is 299 g/mol. The molecular weight excluding hydrogens is 278 g/mol. The molecule has 2 aliphatic rings. The molecule has 1 fully saturated rings. The van der Waals surface area contributed by atoms with Gasteiger partial charge in [0.15, 0.2) is 0 Å². The summed E-state index contributed by atoms with van der Waals surface area (Å²) in [5, 5.41) is 0. The molecule has 0 amide bonds. The average Bonchev–Trinajstić information content (AvgIpc) is 3.27. The van der Waals surface area contributed by atoms with Crippen molar-refractivity contribution in [1.29, 1.82) is 0 Å². The Labute approximate surface area is 130 Å². The summed E-state index contributed by atoms with van der Waals surface area (Å²) in [6.45, 7) is 5.41. The van der Waals surface area contributed by atoms with Crippen molar-refractivity contribution < 1.29 is 0 Å². The second kappa shape index (κ2) is 5.50. The number of hydrogen-bond acceptors (Lipinski definition) is 4. The second-order valence-corrected chi connectivity index (χ2v) is 7.41. The molecule has 21 heavy (non-hydrogen) atoms. The van der Waals surface area contributed by atoms with E-state index in [9.17, 15) is 0 Å². The van der Waals surface area contributed by atoms with Gasteiger partial charge in [-0.25, -0.2) is 9.97 Å². The molecule has 0 saturated heterocycles. The maximum absolute atomic E-state index is 4.80. The molecule has 4 rings (SSSR count). The van der Waals surface area contributed by atoms with Gasteiger partial charge in [-0.2, -0.15) is 0 Å². The third-order valence-corrected chi connectivity index (χ3v) is 5.63.